The van der Waals surface area contributed by atoms with E-state index in [1.54, 1.807) is 36.4 Å². The van der Waals surface area contributed by atoms with Crippen molar-refractivity contribution < 1.29 is 23.8 Å². The van der Waals surface area contributed by atoms with Crippen LogP contribution < -0.4 is 14.8 Å². The quantitative estimate of drug-likeness (QED) is 0.336. The molecule has 8 heteroatoms. The number of benzene rings is 3. The van der Waals surface area contributed by atoms with Crippen molar-refractivity contribution in [1.82, 2.24) is 0 Å². The third-order valence-electron chi connectivity index (χ3n) is 5.54. The summed E-state index contributed by atoms with van der Waals surface area (Å²) >= 11 is 3.91. The topological polar surface area (TPSA) is 73.9 Å². The molecule has 0 bridgehead atoms. The molecule has 0 aromatic heterocycles. The number of aryl methyl sites for hydroxylation is 1. The number of carbonyl (C=O) groups is 2. The molecule has 4 rings (SSSR count). The standard InChI is InChI=1S/C28H29NO5S2/c1-19-9-14-24(32-2)23(17-19)29-27(31)26(20-7-4-3-5-8-20)34-25(30)18-33-22-12-10-21(11-13-22)28-35-15-6-16-36-28/h3-5,7-14,17,26,28H,6,15-16,18H2,1-2H3,(H,29,31)/t26-/m0/s1. The lowest BCUT2D eigenvalue weighted by molar-refractivity contribution is -0.156. The van der Waals surface area contributed by atoms with E-state index in [1.807, 2.05) is 66.8 Å². The Balaban J connectivity index is 1.40. The molecule has 6 nitrogen and oxygen atoms in total. The lowest BCUT2D eigenvalue weighted by Crippen LogP contribution is -2.28. The van der Waals surface area contributed by atoms with Crippen molar-refractivity contribution in [2.45, 2.75) is 24.0 Å². The predicted octanol–water partition coefficient (Wildman–Crippen LogP) is 6.17. The highest BCUT2D eigenvalue weighted by atomic mass is 32.2. The minimum atomic E-state index is -1.14. The van der Waals surface area contributed by atoms with Crippen LogP contribution in [0.15, 0.2) is 72.8 Å². The zero-order valence-corrected chi connectivity index (χ0v) is 21.9. The number of esters is 1. The highest BCUT2D eigenvalue weighted by molar-refractivity contribution is 8.16. The summed E-state index contributed by atoms with van der Waals surface area (Å²) in [5.41, 5.74) is 3.26. The molecule has 1 aliphatic rings. The fourth-order valence-corrected chi connectivity index (χ4v) is 6.62. The molecular formula is C28H29NO5S2. The summed E-state index contributed by atoms with van der Waals surface area (Å²) in [4.78, 5) is 25.9. The zero-order chi connectivity index (χ0) is 25.3. The van der Waals surface area contributed by atoms with Crippen LogP contribution in [0.1, 0.15) is 33.8 Å². The van der Waals surface area contributed by atoms with E-state index in [0.29, 0.717) is 27.3 Å². The van der Waals surface area contributed by atoms with E-state index in [-0.39, 0.29) is 6.61 Å². The van der Waals surface area contributed by atoms with Gasteiger partial charge in [-0.25, -0.2) is 4.79 Å². The van der Waals surface area contributed by atoms with Gasteiger partial charge in [-0.1, -0.05) is 48.5 Å². The first-order valence-electron chi connectivity index (χ1n) is 11.7. The van der Waals surface area contributed by atoms with E-state index in [9.17, 15) is 9.59 Å². The second kappa shape index (κ2) is 12.7. The maximum Gasteiger partial charge on any atom is 0.345 e. The number of methoxy groups -OCH3 is 1. The average molecular weight is 524 g/mol. The van der Waals surface area contributed by atoms with Crippen LogP contribution in [0.5, 0.6) is 11.5 Å². The minimum absolute atomic E-state index is 0.309. The summed E-state index contributed by atoms with van der Waals surface area (Å²) in [6.07, 6.45) is 0.102. The third-order valence-corrected chi connectivity index (χ3v) is 8.55. The molecule has 0 saturated carbocycles. The van der Waals surface area contributed by atoms with Crippen LogP contribution in [0.3, 0.4) is 0 Å². The summed E-state index contributed by atoms with van der Waals surface area (Å²) in [5, 5.41) is 2.83. The Morgan fingerprint density at radius 2 is 1.72 bits per heavy atom. The Kier molecular flexibility index (Phi) is 9.19. The first-order valence-corrected chi connectivity index (χ1v) is 13.8. The lowest BCUT2D eigenvalue weighted by atomic mass is 10.1. The molecule has 3 aromatic carbocycles. The van der Waals surface area contributed by atoms with Crippen molar-refractivity contribution in [3.63, 3.8) is 0 Å². The SMILES string of the molecule is COc1ccc(C)cc1NC(=O)[C@@H](OC(=O)COc1ccc(C2SCCCS2)cc1)c1ccccc1. The number of hydrogen-bond acceptors (Lipinski definition) is 7. The Morgan fingerprint density at radius 3 is 2.42 bits per heavy atom. The molecule has 36 heavy (non-hydrogen) atoms. The van der Waals surface area contributed by atoms with Gasteiger partial charge in [0.05, 0.1) is 17.4 Å². The summed E-state index contributed by atoms with van der Waals surface area (Å²) in [7, 11) is 1.53. The van der Waals surface area contributed by atoms with Crippen LogP contribution in [0, 0.1) is 6.92 Å². The van der Waals surface area contributed by atoms with Gasteiger partial charge in [0.2, 0.25) is 6.10 Å². The monoisotopic (exact) mass is 523 g/mol. The number of thioether (sulfide) groups is 2. The van der Waals surface area contributed by atoms with Gasteiger partial charge >= 0.3 is 5.97 Å². The van der Waals surface area contributed by atoms with Gasteiger partial charge in [0.25, 0.3) is 5.91 Å². The molecular weight excluding hydrogens is 494 g/mol. The maximum absolute atomic E-state index is 13.2. The number of hydrogen-bond donors (Lipinski definition) is 1. The molecule has 0 radical (unpaired) electrons. The van der Waals surface area contributed by atoms with Crippen molar-refractivity contribution in [3.05, 3.63) is 89.5 Å². The molecule has 0 spiro atoms. The van der Waals surface area contributed by atoms with Gasteiger partial charge in [-0.2, -0.15) is 0 Å². The smallest absolute Gasteiger partial charge is 0.345 e. The van der Waals surface area contributed by atoms with E-state index in [2.05, 4.69) is 5.32 Å². The van der Waals surface area contributed by atoms with Crippen LogP contribution in [0.4, 0.5) is 5.69 Å². The van der Waals surface area contributed by atoms with E-state index >= 15 is 0 Å². The second-order valence-corrected chi connectivity index (χ2v) is 11.0. The Bertz CT molecular complexity index is 1160. The van der Waals surface area contributed by atoms with Gasteiger partial charge in [-0.3, -0.25) is 4.79 Å². The van der Waals surface area contributed by atoms with Gasteiger partial charge in [0, 0.05) is 5.56 Å². The molecule has 1 atom stereocenters. The van der Waals surface area contributed by atoms with Gasteiger partial charge in [0.15, 0.2) is 6.61 Å². The fourth-order valence-electron chi connectivity index (χ4n) is 3.73. The molecule has 0 unspecified atom stereocenters. The highest BCUT2D eigenvalue weighted by Crippen LogP contribution is 2.43. The normalized spacial score (nSPS) is 14.5. The molecule has 0 aliphatic carbocycles. The van der Waals surface area contributed by atoms with Gasteiger partial charge in [0.1, 0.15) is 11.5 Å². The largest absolute Gasteiger partial charge is 0.495 e. The zero-order valence-electron chi connectivity index (χ0n) is 20.3. The first kappa shape index (κ1) is 26.0. The van der Waals surface area contributed by atoms with E-state index in [4.69, 9.17) is 14.2 Å². The first-order chi connectivity index (χ1) is 17.5. The van der Waals surface area contributed by atoms with Crippen LogP contribution in [-0.2, 0) is 14.3 Å². The molecule has 1 amide bonds. The van der Waals surface area contributed by atoms with Crippen LogP contribution in [-0.4, -0.2) is 37.1 Å². The molecule has 3 aromatic rings. The van der Waals surface area contributed by atoms with Crippen molar-refractivity contribution in [3.8, 4) is 11.5 Å². The Morgan fingerprint density at radius 1 is 1.00 bits per heavy atom. The summed E-state index contributed by atoms with van der Waals surface area (Å²) in [5.74, 6) is 2.32. The average Bonchev–Trinajstić information content (AvgIpc) is 2.92. The molecule has 1 fully saturated rings. The van der Waals surface area contributed by atoms with E-state index in [0.717, 1.165) is 5.56 Å². The number of nitrogens with one attached hydrogen (secondary N) is 1. The predicted molar refractivity (Wildman–Crippen MR) is 146 cm³/mol. The number of rotatable bonds is 9. The van der Waals surface area contributed by atoms with Gasteiger partial charge in [-0.05, 0) is 60.2 Å². The van der Waals surface area contributed by atoms with Gasteiger partial charge in [-0.15, -0.1) is 23.5 Å². The van der Waals surface area contributed by atoms with E-state index < -0.39 is 18.0 Å². The van der Waals surface area contributed by atoms with Crippen molar-refractivity contribution in [2.75, 3.05) is 30.5 Å². The highest BCUT2D eigenvalue weighted by Gasteiger charge is 2.26. The minimum Gasteiger partial charge on any atom is -0.495 e. The van der Waals surface area contributed by atoms with Crippen molar-refractivity contribution in [2.24, 2.45) is 0 Å². The number of ether oxygens (including phenoxy) is 3. The lowest BCUT2D eigenvalue weighted by Gasteiger charge is -2.21. The Labute approximate surface area is 220 Å². The third kappa shape index (κ3) is 6.98. The van der Waals surface area contributed by atoms with Crippen LogP contribution in [0.2, 0.25) is 0 Å². The maximum atomic E-state index is 13.2. The fraction of sp³-hybridized carbons (Fsp3) is 0.286. The molecule has 1 heterocycles. The van der Waals surface area contributed by atoms with Crippen LogP contribution >= 0.6 is 23.5 Å². The second-order valence-electron chi connectivity index (χ2n) is 8.26. The molecule has 1 aliphatic heterocycles. The molecule has 188 valence electrons. The summed E-state index contributed by atoms with van der Waals surface area (Å²) < 4.78 is 17.0. The van der Waals surface area contributed by atoms with Crippen molar-refractivity contribution >= 4 is 41.1 Å². The number of anilines is 1. The van der Waals surface area contributed by atoms with Crippen molar-refractivity contribution in [1.29, 1.82) is 0 Å². The number of amides is 1. The molecule has 1 saturated heterocycles. The van der Waals surface area contributed by atoms with Crippen LogP contribution in [0.25, 0.3) is 0 Å². The van der Waals surface area contributed by atoms with E-state index in [1.165, 1.54) is 30.6 Å². The number of carbonyl (C=O) groups excluding carboxylic acids is 2. The summed E-state index contributed by atoms with van der Waals surface area (Å²) in [6, 6.07) is 22.2. The summed E-state index contributed by atoms with van der Waals surface area (Å²) in [6.45, 7) is 1.61. The Hall–Kier alpha value is -3.10. The molecule has 1 N–H and O–H groups in total. The van der Waals surface area contributed by atoms with Gasteiger partial charge < -0.3 is 19.5 Å².